The monoisotopic (exact) mass is 274 g/mol. The molecule has 0 fully saturated rings. The molecule has 0 aromatic carbocycles. The molecular weight excluding hydrogens is 252 g/mol. The maximum Gasteiger partial charge on any atom is 0.231 e. The number of pyridine rings is 1. The van der Waals surface area contributed by atoms with Crippen LogP contribution in [-0.2, 0) is 6.42 Å². The van der Waals surface area contributed by atoms with Crippen molar-refractivity contribution < 1.29 is 4.52 Å². The molecule has 2 unspecified atom stereocenters. The highest BCUT2D eigenvalue weighted by Crippen LogP contribution is 2.20. The van der Waals surface area contributed by atoms with Crippen molar-refractivity contribution in [3.05, 3.63) is 41.8 Å². The van der Waals surface area contributed by atoms with Crippen LogP contribution in [0.3, 0.4) is 0 Å². The Balaban J connectivity index is 2.04. The summed E-state index contributed by atoms with van der Waals surface area (Å²) in [5.41, 5.74) is 1.14. The average molecular weight is 274 g/mol. The molecule has 2 aromatic heterocycles. The van der Waals surface area contributed by atoms with Crippen LogP contribution >= 0.6 is 0 Å². The Hall–Kier alpha value is -1.75. The lowest BCUT2D eigenvalue weighted by Crippen LogP contribution is -2.33. The molecule has 0 saturated heterocycles. The third kappa shape index (κ3) is 3.63. The van der Waals surface area contributed by atoms with Gasteiger partial charge < -0.3 is 9.84 Å². The third-order valence-electron chi connectivity index (χ3n) is 3.49. The van der Waals surface area contributed by atoms with Crippen LogP contribution in [0.15, 0.2) is 29.0 Å². The van der Waals surface area contributed by atoms with E-state index in [9.17, 15) is 0 Å². The van der Waals surface area contributed by atoms with E-state index < -0.39 is 0 Å². The maximum absolute atomic E-state index is 5.41. The highest BCUT2D eigenvalue weighted by atomic mass is 16.5. The van der Waals surface area contributed by atoms with E-state index in [4.69, 9.17) is 4.52 Å². The Morgan fingerprint density at radius 1 is 1.25 bits per heavy atom. The van der Waals surface area contributed by atoms with E-state index in [0.717, 1.165) is 24.4 Å². The molecule has 1 N–H and O–H groups in total. The second-order valence-electron chi connectivity index (χ2n) is 4.94. The molecule has 0 saturated carbocycles. The molecule has 0 aliphatic carbocycles. The second kappa shape index (κ2) is 7.14. The third-order valence-corrected chi connectivity index (χ3v) is 3.49. The molecule has 2 aromatic rings. The molecule has 0 aliphatic rings. The summed E-state index contributed by atoms with van der Waals surface area (Å²) in [6.07, 6.45) is 5.27. The van der Waals surface area contributed by atoms with Gasteiger partial charge in [0.15, 0.2) is 5.82 Å². The molecule has 0 aliphatic heterocycles. The van der Waals surface area contributed by atoms with E-state index >= 15 is 0 Å². The van der Waals surface area contributed by atoms with Gasteiger partial charge in [0.1, 0.15) is 0 Å². The van der Waals surface area contributed by atoms with E-state index in [1.165, 1.54) is 0 Å². The molecule has 0 amide bonds. The first-order chi connectivity index (χ1) is 9.74. The van der Waals surface area contributed by atoms with Crippen LogP contribution in [0.2, 0.25) is 0 Å². The minimum Gasteiger partial charge on any atom is -0.339 e. The molecule has 2 atom stereocenters. The van der Waals surface area contributed by atoms with Gasteiger partial charge in [-0.25, -0.2) is 0 Å². The maximum atomic E-state index is 5.41. The van der Waals surface area contributed by atoms with Crippen molar-refractivity contribution in [2.24, 2.45) is 0 Å². The van der Waals surface area contributed by atoms with Crippen molar-refractivity contribution >= 4 is 0 Å². The summed E-state index contributed by atoms with van der Waals surface area (Å²) in [4.78, 5) is 8.52. The standard InChI is InChI=1S/C15H22N4O/c1-4-13(17-5-2)11(3)15-18-14(19-20-15)10-12-6-8-16-9-7-12/h6-9,11,13,17H,4-5,10H2,1-3H3. The summed E-state index contributed by atoms with van der Waals surface area (Å²) < 4.78 is 5.41. The Bertz CT molecular complexity index is 512. The van der Waals surface area contributed by atoms with Crippen molar-refractivity contribution in [2.45, 2.75) is 45.6 Å². The molecule has 20 heavy (non-hydrogen) atoms. The van der Waals surface area contributed by atoms with Gasteiger partial charge in [-0.15, -0.1) is 0 Å². The van der Waals surface area contributed by atoms with Crippen LogP contribution in [0, 0.1) is 0 Å². The molecule has 108 valence electrons. The first-order valence-corrected chi connectivity index (χ1v) is 7.19. The van der Waals surface area contributed by atoms with Crippen molar-refractivity contribution in [3.8, 4) is 0 Å². The van der Waals surface area contributed by atoms with Crippen molar-refractivity contribution in [1.29, 1.82) is 0 Å². The van der Waals surface area contributed by atoms with Gasteiger partial charge in [0.05, 0.1) is 5.92 Å². The zero-order valence-corrected chi connectivity index (χ0v) is 12.3. The highest BCUT2D eigenvalue weighted by molar-refractivity contribution is 5.15. The minimum atomic E-state index is 0.221. The molecule has 0 bridgehead atoms. The van der Waals surface area contributed by atoms with Gasteiger partial charge in [-0.1, -0.05) is 25.9 Å². The normalized spacial score (nSPS) is 14.2. The van der Waals surface area contributed by atoms with Gasteiger partial charge in [-0.05, 0) is 30.7 Å². The summed E-state index contributed by atoms with van der Waals surface area (Å²) in [7, 11) is 0. The molecule has 5 heteroatoms. The number of rotatable bonds is 7. The number of nitrogens with one attached hydrogen (secondary N) is 1. The molecule has 2 heterocycles. The van der Waals surface area contributed by atoms with Crippen molar-refractivity contribution in [1.82, 2.24) is 20.4 Å². The molecule has 2 rings (SSSR count). The second-order valence-corrected chi connectivity index (χ2v) is 4.94. The van der Waals surface area contributed by atoms with Crippen LogP contribution in [-0.4, -0.2) is 27.7 Å². The lowest BCUT2D eigenvalue weighted by atomic mass is 9.99. The molecular formula is C15H22N4O. The van der Waals surface area contributed by atoms with Crippen LogP contribution in [0.1, 0.15) is 50.4 Å². The number of hydrogen-bond donors (Lipinski definition) is 1. The van der Waals surface area contributed by atoms with Crippen molar-refractivity contribution in [2.75, 3.05) is 6.54 Å². The summed E-state index contributed by atoms with van der Waals surface area (Å²) in [6, 6.07) is 4.30. The van der Waals surface area contributed by atoms with E-state index in [0.29, 0.717) is 18.4 Å². The van der Waals surface area contributed by atoms with Crippen LogP contribution in [0.25, 0.3) is 0 Å². The molecule has 0 spiro atoms. The fourth-order valence-corrected chi connectivity index (χ4v) is 2.32. The zero-order chi connectivity index (χ0) is 14.4. The lowest BCUT2D eigenvalue weighted by molar-refractivity contribution is 0.319. The first-order valence-electron chi connectivity index (χ1n) is 7.19. The van der Waals surface area contributed by atoms with Gasteiger partial charge >= 0.3 is 0 Å². The predicted octanol–water partition coefficient (Wildman–Crippen LogP) is 2.55. The highest BCUT2D eigenvalue weighted by Gasteiger charge is 2.22. The fraction of sp³-hybridized carbons (Fsp3) is 0.533. The first kappa shape index (κ1) is 14.7. The Morgan fingerprint density at radius 3 is 2.65 bits per heavy atom. The van der Waals surface area contributed by atoms with Crippen LogP contribution in [0.4, 0.5) is 0 Å². The lowest BCUT2D eigenvalue weighted by Gasteiger charge is -2.20. The van der Waals surface area contributed by atoms with E-state index in [1.54, 1.807) is 12.4 Å². The van der Waals surface area contributed by atoms with Crippen LogP contribution < -0.4 is 5.32 Å². The minimum absolute atomic E-state index is 0.221. The number of hydrogen-bond acceptors (Lipinski definition) is 5. The van der Waals surface area contributed by atoms with Gasteiger partial charge in [0, 0.05) is 24.9 Å². The summed E-state index contributed by atoms with van der Waals surface area (Å²) in [5, 5.41) is 7.53. The summed E-state index contributed by atoms with van der Waals surface area (Å²) in [5.74, 6) is 1.66. The SMILES string of the molecule is CCNC(CC)C(C)c1nc(Cc2ccncc2)no1. The van der Waals surface area contributed by atoms with Crippen LogP contribution in [0.5, 0.6) is 0 Å². The quantitative estimate of drug-likeness (QED) is 0.840. The predicted molar refractivity (Wildman–Crippen MR) is 77.5 cm³/mol. The summed E-state index contributed by atoms with van der Waals surface area (Å²) >= 11 is 0. The number of aromatic nitrogens is 3. The summed E-state index contributed by atoms with van der Waals surface area (Å²) in [6.45, 7) is 7.34. The number of nitrogens with zero attached hydrogens (tertiary/aromatic N) is 3. The van der Waals surface area contributed by atoms with E-state index in [1.807, 2.05) is 12.1 Å². The van der Waals surface area contributed by atoms with Crippen molar-refractivity contribution in [3.63, 3.8) is 0 Å². The number of likely N-dealkylation sites (N-methyl/N-ethyl adjacent to an activating group) is 1. The topological polar surface area (TPSA) is 63.8 Å². The fourth-order valence-electron chi connectivity index (χ4n) is 2.32. The smallest absolute Gasteiger partial charge is 0.231 e. The van der Waals surface area contributed by atoms with Gasteiger partial charge in [-0.2, -0.15) is 4.98 Å². The zero-order valence-electron chi connectivity index (χ0n) is 12.3. The largest absolute Gasteiger partial charge is 0.339 e. The Morgan fingerprint density at radius 2 is 2.00 bits per heavy atom. The van der Waals surface area contributed by atoms with Gasteiger partial charge in [0.2, 0.25) is 5.89 Å². The van der Waals surface area contributed by atoms with E-state index in [2.05, 4.69) is 41.2 Å². The van der Waals surface area contributed by atoms with Gasteiger partial charge in [0.25, 0.3) is 0 Å². The van der Waals surface area contributed by atoms with E-state index in [-0.39, 0.29) is 5.92 Å². The Labute approximate surface area is 119 Å². The van der Waals surface area contributed by atoms with Gasteiger partial charge in [-0.3, -0.25) is 4.98 Å². The Kier molecular flexibility index (Phi) is 5.24. The molecule has 0 radical (unpaired) electrons. The molecule has 5 nitrogen and oxygen atoms in total. The average Bonchev–Trinajstić information content (AvgIpc) is 2.93.